The molecule has 0 radical (unpaired) electrons. The second kappa shape index (κ2) is 6.65. The van der Waals surface area contributed by atoms with Gasteiger partial charge in [-0.1, -0.05) is 29.8 Å². The Labute approximate surface area is 120 Å². The lowest BCUT2D eigenvalue weighted by Crippen LogP contribution is -2.45. The predicted molar refractivity (Wildman–Crippen MR) is 78.3 cm³/mol. The summed E-state index contributed by atoms with van der Waals surface area (Å²) >= 11 is 0. The summed E-state index contributed by atoms with van der Waals surface area (Å²) < 4.78 is 43.2. The van der Waals surface area contributed by atoms with Gasteiger partial charge in [-0.05, 0) is 32.8 Å². The molecule has 6 heteroatoms. The van der Waals surface area contributed by atoms with Gasteiger partial charge in [0, 0.05) is 12.1 Å². The monoisotopic (exact) mass is 303 g/mol. The molecule has 1 atom stereocenters. The van der Waals surface area contributed by atoms with Crippen molar-refractivity contribution < 1.29 is 17.4 Å². The Balaban J connectivity index is 2.51. The second-order valence-corrected chi connectivity index (χ2v) is 7.27. The van der Waals surface area contributed by atoms with Crippen LogP contribution >= 0.6 is 0 Å². The summed E-state index contributed by atoms with van der Waals surface area (Å²) in [6.07, 6.45) is -0.923. The molecule has 0 saturated heterocycles. The average molecular weight is 303 g/mol. The molecule has 20 heavy (non-hydrogen) atoms. The molecule has 0 aromatic heterocycles. The molecular formula is C14H22FNO3S. The van der Waals surface area contributed by atoms with Crippen LogP contribution in [0.3, 0.4) is 0 Å². The predicted octanol–water partition coefficient (Wildman–Crippen LogP) is 2.13. The topological polar surface area (TPSA) is 66.4 Å². The summed E-state index contributed by atoms with van der Waals surface area (Å²) in [6, 6.07) is 8.07. The maximum absolute atomic E-state index is 13.4. The van der Waals surface area contributed by atoms with Crippen LogP contribution in [-0.4, -0.2) is 37.0 Å². The van der Waals surface area contributed by atoms with E-state index >= 15 is 0 Å². The van der Waals surface area contributed by atoms with E-state index in [0.717, 1.165) is 5.56 Å². The fourth-order valence-electron chi connectivity index (χ4n) is 1.95. The number of halogens is 1. The van der Waals surface area contributed by atoms with Crippen molar-refractivity contribution in [2.45, 2.75) is 38.9 Å². The first-order valence-electron chi connectivity index (χ1n) is 6.47. The summed E-state index contributed by atoms with van der Waals surface area (Å²) in [5, 5.41) is 2.99. The molecule has 1 rings (SSSR count). The van der Waals surface area contributed by atoms with E-state index in [-0.39, 0.29) is 12.1 Å². The zero-order valence-corrected chi connectivity index (χ0v) is 12.9. The average Bonchev–Trinajstić information content (AvgIpc) is 2.27. The van der Waals surface area contributed by atoms with Crippen molar-refractivity contribution in [3.05, 3.63) is 35.4 Å². The van der Waals surface area contributed by atoms with Gasteiger partial charge in [0.1, 0.15) is 11.9 Å². The summed E-state index contributed by atoms with van der Waals surface area (Å²) in [5.74, 6) is -0.874. The van der Waals surface area contributed by atoms with Gasteiger partial charge >= 0.3 is 0 Å². The molecule has 0 aliphatic carbocycles. The first-order chi connectivity index (χ1) is 9.07. The maximum Gasteiger partial charge on any atom is 0.267 e. The van der Waals surface area contributed by atoms with E-state index in [0.29, 0.717) is 6.42 Å². The van der Waals surface area contributed by atoms with Gasteiger partial charge in [0.2, 0.25) is 0 Å². The Hall–Kier alpha value is -0.980. The molecular weight excluding hydrogens is 281 g/mol. The van der Waals surface area contributed by atoms with Crippen LogP contribution in [0, 0.1) is 6.92 Å². The minimum atomic E-state index is -4.27. The van der Waals surface area contributed by atoms with E-state index in [4.69, 9.17) is 4.55 Å². The Kier molecular flexibility index (Phi) is 5.68. The van der Waals surface area contributed by atoms with Crippen molar-refractivity contribution in [1.82, 2.24) is 5.32 Å². The standard InChI is InChI=1S/C14H22FNO3S/c1-11-4-6-12(7-5-11)8-14(2,3)16-9-13(15)10-20(17,18)19/h4-7,13,16H,8-10H2,1-3H3,(H,17,18,19). The lowest BCUT2D eigenvalue weighted by Gasteiger charge is -2.27. The first kappa shape index (κ1) is 17.1. The third kappa shape index (κ3) is 6.98. The van der Waals surface area contributed by atoms with Crippen molar-refractivity contribution >= 4 is 10.1 Å². The van der Waals surface area contributed by atoms with Crippen LogP contribution in [-0.2, 0) is 16.5 Å². The molecule has 1 aromatic rings. The fourth-order valence-corrected chi connectivity index (χ4v) is 2.53. The molecule has 114 valence electrons. The normalized spacial score (nSPS) is 14.2. The molecule has 0 spiro atoms. The smallest absolute Gasteiger partial charge is 0.267 e. The van der Waals surface area contributed by atoms with Crippen LogP contribution in [0.25, 0.3) is 0 Å². The maximum atomic E-state index is 13.4. The molecule has 0 fully saturated rings. The van der Waals surface area contributed by atoms with Crippen molar-refractivity contribution in [2.75, 3.05) is 12.3 Å². The molecule has 0 bridgehead atoms. The van der Waals surface area contributed by atoms with Gasteiger partial charge in [0.15, 0.2) is 0 Å². The molecule has 0 aliphatic rings. The first-order valence-corrected chi connectivity index (χ1v) is 8.08. The van der Waals surface area contributed by atoms with E-state index in [1.54, 1.807) is 0 Å². The van der Waals surface area contributed by atoms with Crippen LogP contribution in [0.4, 0.5) is 4.39 Å². The highest BCUT2D eigenvalue weighted by molar-refractivity contribution is 7.85. The Morgan fingerprint density at radius 1 is 1.30 bits per heavy atom. The van der Waals surface area contributed by atoms with Gasteiger partial charge < -0.3 is 5.32 Å². The molecule has 1 aromatic carbocycles. The molecule has 1 unspecified atom stereocenters. The van der Waals surface area contributed by atoms with Gasteiger partial charge in [0.25, 0.3) is 10.1 Å². The van der Waals surface area contributed by atoms with Crippen LogP contribution < -0.4 is 5.32 Å². The van der Waals surface area contributed by atoms with Crippen molar-refractivity contribution in [1.29, 1.82) is 0 Å². The van der Waals surface area contributed by atoms with Gasteiger partial charge in [-0.15, -0.1) is 0 Å². The number of benzene rings is 1. The summed E-state index contributed by atoms with van der Waals surface area (Å²) in [6.45, 7) is 5.74. The lowest BCUT2D eigenvalue weighted by molar-refractivity contribution is 0.290. The highest BCUT2D eigenvalue weighted by Gasteiger charge is 2.22. The van der Waals surface area contributed by atoms with E-state index in [2.05, 4.69) is 5.32 Å². The van der Waals surface area contributed by atoms with Crippen LogP contribution in [0.1, 0.15) is 25.0 Å². The quantitative estimate of drug-likeness (QED) is 0.757. The van der Waals surface area contributed by atoms with Crippen molar-refractivity contribution in [3.63, 3.8) is 0 Å². The number of hydrogen-bond donors (Lipinski definition) is 2. The third-order valence-electron chi connectivity index (χ3n) is 2.96. The second-order valence-electron chi connectivity index (χ2n) is 5.77. The number of aryl methyl sites for hydroxylation is 1. The van der Waals surface area contributed by atoms with Crippen LogP contribution in [0.2, 0.25) is 0 Å². The number of alkyl halides is 1. The minimum Gasteiger partial charge on any atom is -0.309 e. The van der Waals surface area contributed by atoms with Crippen LogP contribution in [0.15, 0.2) is 24.3 Å². The molecule has 2 N–H and O–H groups in total. The van der Waals surface area contributed by atoms with E-state index in [1.807, 2.05) is 45.0 Å². The largest absolute Gasteiger partial charge is 0.309 e. The van der Waals surface area contributed by atoms with E-state index in [9.17, 15) is 12.8 Å². The SMILES string of the molecule is Cc1ccc(CC(C)(C)NCC(F)CS(=O)(=O)O)cc1. The molecule has 0 amide bonds. The number of nitrogens with one attached hydrogen (secondary N) is 1. The number of hydrogen-bond acceptors (Lipinski definition) is 3. The zero-order chi connectivity index (χ0) is 15.4. The molecule has 0 aliphatic heterocycles. The van der Waals surface area contributed by atoms with Gasteiger partial charge in [-0.3, -0.25) is 4.55 Å². The van der Waals surface area contributed by atoms with Crippen LogP contribution in [0.5, 0.6) is 0 Å². The Bertz CT molecular complexity index is 526. The zero-order valence-electron chi connectivity index (χ0n) is 12.1. The highest BCUT2D eigenvalue weighted by Crippen LogP contribution is 2.14. The van der Waals surface area contributed by atoms with Gasteiger partial charge in [0.05, 0.1) is 0 Å². The minimum absolute atomic E-state index is 0.112. The Morgan fingerprint density at radius 2 is 1.85 bits per heavy atom. The molecule has 0 heterocycles. The third-order valence-corrected chi connectivity index (χ3v) is 3.74. The summed E-state index contributed by atoms with van der Waals surface area (Å²) in [7, 11) is -4.27. The van der Waals surface area contributed by atoms with Crippen molar-refractivity contribution in [3.8, 4) is 0 Å². The fraction of sp³-hybridized carbons (Fsp3) is 0.571. The lowest BCUT2D eigenvalue weighted by atomic mass is 9.94. The Morgan fingerprint density at radius 3 is 2.35 bits per heavy atom. The van der Waals surface area contributed by atoms with Gasteiger partial charge in [-0.2, -0.15) is 8.42 Å². The summed E-state index contributed by atoms with van der Waals surface area (Å²) in [5.41, 5.74) is 1.94. The molecule has 4 nitrogen and oxygen atoms in total. The van der Waals surface area contributed by atoms with Gasteiger partial charge in [-0.25, -0.2) is 4.39 Å². The van der Waals surface area contributed by atoms with E-state index < -0.39 is 22.0 Å². The number of rotatable bonds is 7. The van der Waals surface area contributed by atoms with Crippen molar-refractivity contribution in [2.24, 2.45) is 0 Å². The highest BCUT2D eigenvalue weighted by atomic mass is 32.2. The molecule has 0 saturated carbocycles. The van der Waals surface area contributed by atoms with E-state index in [1.165, 1.54) is 5.56 Å². The summed E-state index contributed by atoms with van der Waals surface area (Å²) in [4.78, 5) is 0.